The zero-order valence-electron chi connectivity index (χ0n) is 18.9. The van der Waals surface area contributed by atoms with Crippen LogP contribution in [0.15, 0.2) is 42.0 Å². The van der Waals surface area contributed by atoms with E-state index in [9.17, 15) is 13.2 Å². The molecule has 0 atom stereocenters. The van der Waals surface area contributed by atoms with Crippen LogP contribution in [0.4, 0.5) is 10.8 Å². The highest BCUT2D eigenvalue weighted by molar-refractivity contribution is 7.93. The molecular formula is C23H26N4O4S2. The Bertz CT molecular complexity index is 1300. The summed E-state index contributed by atoms with van der Waals surface area (Å²) >= 11 is 1.18. The first-order valence-electron chi connectivity index (χ1n) is 10.5. The molecule has 0 bridgehead atoms. The van der Waals surface area contributed by atoms with Crippen LogP contribution >= 0.6 is 11.3 Å². The number of thiazole rings is 1. The van der Waals surface area contributed by atoms with Crippen molar-refractivity contribution in [3.63, 3.8) is 0 Å². The van der Waals surface area contributed by atoms with Crippen molar-refractivity contribution in [1.29, 1.82) is 0 Å². The van der Waals surface area contributed by atoms with E-state index >= 15 is 0 Å². The van der Waals surface area contributed by atoms with E-state index in [1.54, 1.807) is 38.7 Å². The number of sulfonamides is 1. The van der Waals surface area contributed by atoms with Crippen LogP contribution in [0.1, 0.15) is 37.9 Å². The number of nitrogens with one attached hydrogen (secondary N) is 2. The molecule has 0 unspecified atom stereocenters. The number of anilines is 2. The molecule has 2 aromatic heterocycles. The standard InChI is InChI=1S/C23H26N4O4S2/c1-14-9-15(16-10-17(31-4)12-24-11-16)5-8-19(14)25-21(28)23(2,3)20-13-32-22(26-20)27-33(29,30)18-6-7-18/h5,8-13,18H,6-7H2,1-4H3,(H,25,28)(H,26,27). The van der Waals surface area contributed by atoms with Gasteiger partial charge in [0.05, 0.1) is 29.7 Å². The quantitative estimate of drug-likeness (QED) is 0.490. The van der Waals surface area contributed by atoms with Crippen LogP contribution in [0, 0.1) is 6.92 Å². The summed E-state index contributed by atoms with van der Waals surface area (Å²) in [7, 11) is -1.80. The predicted octanol–water partition coefficient (Wildman–Crippen LogP) is 4.34. The Morgan fingerprint density at radius 1 is 1.18 bits per heavy atom. The minimum atomic E-state index is -3.39. The Hall–Kier alpha value is -2.98. The molecule has 3 aromatic rings. The lowest BCUT2D eigenvalue weighted by Gasteiger charge is -2.22. The lowest BCUT2D eigenvalue weighted by atomic mass is 9.88. The van der Waals surface area contributed by atoms with E-state index in [2.05, 4.69) is 20.0 Å². The Morgan fingerprint density at radius 3 is 2.61 bits per heavy atom. The SMILES string of the molecule is COc1cncc(-c2ccc(NC(=O)C(C)(C)c3csc(NS(=O)(=O)C4CC4)n3)c(C)c2)c1. The van der Waals surface area contributed by atoms with E-state index in [1.807, 2.05) is 31.2 Å². The number of carbonyl (C=O) groups excluding carboxylic acids is 1. The van der Waals surface area contributed by atoms with E-state index in [1.165, 1.54) is 11.3 Å². The monoisotopic (exact) mass is 486 g/mol. The Morgan fingerprint density at radius 2 is 1.94 bits per heavy atom. The first-order chi connectivity index (χ1) is 15.6. The molecule has 10 heteroatoms. The maximum atomic E-state index is 13.1. The molecule has 0 saturated heterocycles. The molecule has 8 nitrogen and oxygen atoms in total. The van der Waals surface area contributed by atoms with E-state index in [4.69, 9.17) is 4.74 Å². The van der Waals surface area contributed by atoms with Gasteiger partial charge in [0.2, 0.25) is 15.9 Å². The number of hydrogen-bond donors (Lipinski definition) is 2. The fourth-order valence-corrected chi connectivity index (χ4v) is 5.73. The minimum absolute atomic E-state index is 0.233. The third-order valence-electron chi connectivity index (χ3n) is 5.66. The van der Waals surface area contributed by atoms with Crippen molar-refractivity contribution in [3.8, 4) is 16.9 Å². The first-order valence-corrected chi connectivity index (χ1v) is 12.9. The van der Waals surface area contributed by atoms with Crippen LogP contribution in [0.5, 0.6) is 5.75 Å². The number of pyridine rings is 1. The molecule has 1 aliphatic carbocycles. The Kier molecular flexibility index (Phi) is 6.15. The van der Waals surface area contributed by atoms with Gasteiger partial charge >= 0.3 is 0 Å². The smallest absolute Gasteiger partial charge is 0.237 e. The summed E-state index contributed by atoms with van der Waals surface area (Å²) in [6.45, 7) is 5.46. The molecule has 4 rings (SSSR count). The van der Waals surface area contributed by atoms with Crippen LogP contribution in [-0.2, 0) is 20.2 Å². The van der Waals surface area contributed by atoms with Crippen LogP contribution in [0.25, 0.3) is 11.1 Å². The Balaban J connectivity index is 1.49. The van der Waals surface area contributed by atoms with Gasteiger partial charge in [-0.3, -0.25) is 14.5 Å². The number of nitrogens with zero attached hydrogens (tertiary/aromatic N) is 2. The van der Waals surface area contributed by atoms with Crippen LogP contribution in [-0.4, -0.2) is 36.7 Å². The van der Waals surface area contributed by atoms with E-state index in [0.717, 1.165) is 16.7 Å². The molecule has 174 valence electrons. The van der Waals surface area contributed by atoms with Gasteiger partial charge < -0.3 is 10.1 Å². The lowest BCUT2D eigenvalue weighted by molar-refractivity contribution is -0.120. The predicted molar refractivity (Wildman–Crippen MR) is 130 cm³/mol. The molecule has 1 saturated carbocycles. The first kappa shape index (κ1) is 23.2. The van der Waals surface area contributed by atoms with Gasteiger partial charge in [-0.2, -0.15) is 0 Å². The van der Waals surface area contributed by atoms with Gasteiger partial charge in [0.25, 0.3) is 0 Å². The number of hydrogen-bond acceptors (Lipinski definition) is 7. The van der Waals surface area contributed by atoms with E-state index < -0.39 is 15.4 Å². The third-order valence-corrected chi connectivity index (χ3v) is 8.38. The summed E-state index contributed by atoms with van der Waals surface area (Å²) in [6.07, 6.45) is 4.76. The molecule has 1 aromatic carbocycles. The summed E-state index contributed by atoms with van der Waals surface area (Å²) in [5, 5.41) is 4.65. The zero-order valence-corrected chi connectivity index (χ0v) is 20.5. The number of ether oxygens (including phenoxy) is 1. The minimum Gasteiger partial charge on any atom is -0.495 e. The number of rotatable bonds is 8. The number of aryl methyl sites for hydroxylation is 1. The van der Waals surface area contributed by atoms with Crippen molar-refractivity contribution in [3.05, 3.63) is 53.3 Å². The number of aromatic nitrogens is 2. The highest BCUT2D eigenvalue weighted by Gasteiger charge is 2.37. The second-order valence-electron chi connectivity index (χ2n) is 8.61. The molecule has 1 fully saturated rings. The summed E-state index contributed by atoms with van der Waals surface area (Å²) in [6, 6.07) is 7.65. The Labute approximate surface area is 197 Å². The van der Waals surface area contributed by atoms with Gasteiger partial charge in [-0.1, -0.05) is 6.07 Å². The highest BCUT2D eigenvalue weighted by atomic mass is 32.2. The van der Waals surface area contributed by atoms with Crippen LogP contribution in [0.2, 0.25) is 0 Å². The van der Waals surface area contributed by atoms with E-state index in [-0.39, 0.29) is 16.3 Å². The van der Waals surface area contributed by atoms with Gasteiger partial charge in [-0.15, -0.1) is 11.3 Å². The van der Waals surface area contributed by atoms with Crippen molar-refractivity contribution in [2.45, 2.75) is 44.3 Å². The van der Waals surface area contributed by atoms with Gasteiger partial charge in [-0.25, -0.2) is 13.4 Å². The number of methoxy groups -OCH3 is 1. The van der Waals surface area contributed by atoms with Crippen LogP contribution < -0.4 is 14.8 Å². The molecule has 1 aliphatic rings. The zero-order chi connectivity index (χ0) is 23.8. The number of carbonyl (C=O) groups is 1. The molecule has 2 heterocycles. The average Bonchev–Trinajstić information content (AvgIpc) is 3.55. The second-order valence-corrected chi connectivity index (χ2v) is 11.4. The van der Waals surface area contributed by atoms with Gasteiger partial charge in [0.15, 0.2) is 5.13 Å². The maximum absolute atomic E-state index is 13.1. The van der Waals surface area contributed by atoms with Gasteiger partial charge in [0, 0.05) is 22.8 Å². The summed E-state index contributed by atoms with van der Waals surface area (Å²) in [4.78, 5) is 21.7. The number of amides is 1. The van der Waals surface area contributed by atoms with Crippen molar-refractivity contribution in [2.75, 3.05) is 17.1 Å². The summed E-state index contributed by atoms with van der Waals surface area (Å²) < 4.78 is 32.1. The summed E-state index contributed by atoms with van der Waals surface area (Å²) in [5.41, 5.74) is 3.02. The summed E-state index contributed by atoms with van der Waals surface area (Å²) in [5.74, 6) is 0.439. The fourth-order valence-electron chi connectivity index (χ4n) is 3.26. The van der Waals surface area contributed by atoms with Crippen molar-refractivity contribution in [2.24, 2.45) is 0 Å². The van der Waals surface area contributed by atoms with E-state index in [0.29, 0.717) is 30.0 Å². The molecule has 33 heavy (non-hydrogen) atoms. The highest BCUT2D eigenvalue weighted by Crippen LogP contribution is 2.33. The van der Waals surface area contributed by atoms with Crippen molar-refractivity contribution in [1.82, 2.24) is 9.97 Å². The maximum Gasteiger partial charge on any atom is 0.237 e. The number of benzene rings is 1. The van der Waals surface area contributed by atoms with Crippen molar-refractivity contribution < 1.29 is 17.9 Å². The largest absolute Gasteiger partial charge is 0.495 e. The third kappa shape index (κ3) is 5.01. The van der Waals surface area contributed by atoms with Gasteiger partial charge in [0.1, 0.15) is 5.75 Å². The lowest BCUT2D eigenvalue weighted by Crippen LogP contribution is -2.35. The second kappa shape index (κ2) is 8.75. The molecule has 0 spiro atoms. The molecule has 1 amide bonds. The molecular weight excluding hydrogens is 460 g/mol. The normalized spacial score (nSPS) is 14.1. The topological polar surface area (TPSA) is 110 Å². The molecule has 2 N–H and O–H groups in total. The van der Waals surface area contributed by atoms with Crippen LogP contribution in [0.3, 0.4) is 0 Å². The molecule has 0 radical (unpaired) electrons. The molecule has 0 aliphatic heterocycles. The fraction of sp³-hybridized carbons (Fsp3) is 0.348. The average molecular weight is 487 g/mol. The van der Waals surface area contributed by atoms with Gasteiger partial charge in [-0.05, 0) is 62.9 Å². The van der Waals surface area contributed by atoms with Crippen molar-refractivity contribution >= 4 is 38.1 Å².